The summed E-state index contributed by atoms with van der Waals surface area (Å²) in [5.74, 6) is -0.0630. The van der Waals surface area contributed by atoms with Crippen LogP contribution in [0.3, 0.4) is 0 Å². The molecule has 0 aliphatic rings. The van der Waals surface area contributed by atoms with E-state index in [2.05, 4.69) is 22.6 Å². The molecule has 0 aromatic carbocycles. The number of halogens is 1. The zero-order chi connectivity index (χ0) is 11.0. The van der Waals surface area contributed by atoms with Gasteiger partial charge in [-0.1, -0.05) is 35.4 Å². The molecule has 0 atom stereocenters. The van der Waals surface area contributed by atoms with Crippen LogP contribution in [-0.4, -0.2) is 16.0 Å². The van der Waals surface area contributed by atoms with Crippen molar-refractivity contribution in [2.75, 3.05) is 4.43 Å². The topological polar surface area (TPSA) is 26.3 Å². The van der Waals surface area contributed by atoms with Gasteiger partial charge in [0.15, 0.2) is 0 Å². The zero-order valence-electron chi connectivity index (χ0n) is 9.44. The van der Waals surface area contributed by atoms with Crippen molar-refractivity contribution in [3.8, 4) is 0 Å². The second-order valence-electron chi connectivity index (χ2n) is 4.44. The summed E-state index contributed by atoms with van der Waals surface area (Å²) in [6, 6.07) is 0. The van der Waals surface area contributed by atoms with Gasteiger partial charge in [0.2, 0.25) is 0 Å². The van der Waals surface area contributed by atoms with Crippen LogP contribution in [0.1, 0.15) is 52.9 Å². The highest BCUT2D eigenvalue weighted by atomic mass is 127. The molecule has 0 saturated carbocycles. The summed E-state index contributed by atoms with van der Waals surface area (Å²) in [4.78, 5) is 11.3. The Hall–Kier alpha value is 0.200. The summed E-state index contributed by atoms with van der Waals surface area (Å²) in [7, 11) is 0. The standard InChI is InChI=1S/C11H21IO2/c1-11(2,3)14-10(13)8-6-4-5-7-9-12/h4-9H2,1-3H3. The molecule has 0 aromatic heterocycles. The lowest BCUT2D eigenvalue weighted by Gasteiger charge is -2.19. The summed E-state index contributed by atoms with van der Waals surface area (Å²) in [6.07, 6.45) is 5.16. The van der Waals surface area contributed by atoms with Crippen molar-refractivity contribution in [2.45, 2.75) is 58.5 Å². The first-order valence-electron chi connectivity index (χ1n) is 5.23. The second-order valence-corrected chi connectivity index (χ2v) is 5.52. The van der Waals surface area contributed by atoms with E-state index in [1.807, 2.05) is 20.8 Å². The van der Waals surface area contributed by atoms with Crippen molar-refractivity contribution in [1.29, 1.82) is 0 Å². The van der Waals surface area contributed by atoms with Crippen molar-refractivity contribution in [2.24, 2.45) is 0 Å². The highest BCUT2D eigenvalue weighted by Crippen LogP contribution is 2.11. The van der Waals surface area contributed by atoms with Gasteiger partial charge in [-0.2, -0.15) is 0 Å². The average Bonchev–Trinajstić information content (AvgIpc) is 2.00. The first-order valence-corrected chi connectivity index (χ1v) is 6.76. The van der Waals surface area contributed by atoms with Crippen molar-refractivity contribution in [3.05, 3.63) is 0 Å². The molecule has 3 heteroatoms. The van der Waals surface area contributed by atoms with Gasteiger partial charge in [-0.25, -0.2) is 0 Å². The number of alkyl halides is 1. The molecule has 0 aromatic rings. The molecule has 14 heavy (non-hydrogen) atoms. The molecular formula is C11H21IO2. The minimum Gasteiger partial charge on any atom is -0.460 e. The van der Waals surface area contributed by atoms with Crippen LogP contribution in [0.2, 0.25) is 0 Å². The third kappa shape index (κ3) is 10.3. The first kappa shape index (κ1) is 14.2. The largest absolute Gasteiger partial charge is 0.460 e. The summed E-state index contributed by atoms with van der Waals surface area (Å²) in [5, 5.41) is 0. The molecule has 0 bridgehead atoms. The van der Waals surface area contributed by atoms with E-state index in [-0.39, 0.29) is 11.6 Å². The molecule has 0 spiro atoms. The second kappa shape index (κ2) is 7.49. The molecule has 0 unspecified atom stereocenters. The summed E-state index contributed by atoms with van der Waals surface area (Å²) < 4.78 is 6.42. The number of carbonyl (C=O) groups is 1. The molecule has 0 N–H and O–H groups in total. The Morgan fingerprint density at radius 1 is 1.14 bits per heavy atom. The minimum absolute atomic E-state index is 0.0630. The van der Waals surface area contributed by atoms with Gasteiger partial charge in [0, 0.05) is 6.42 Å². The molecule has 0 rings (SSSR count). The highest BCUT2D eigenvalue weighted by molar-refractivity contribution is 14.1. The van der Waals surface area contributed by atoms with Gasteiger partial charge in [0.05, 0.1) is 0 Å². The summed E-state index contributed by atoms with van der Waals surface area (Å²) >= 11 is 2.38. The normalized spacial score (nSPS) is 11.4. The van der Waals surface area contributed by atoms with Crippen LogP contribution < -0.4 is 0 Å². The van der Waals surface area contributed by atoms with Gasteiger partial charge < -0.3 is 4.74 Å². The molecule has 2 nitrogen and oxygen atoms in total. The molecule has 0 amide bonds. The van der Waals surface area contributed by atoms with Crippen LogP contribution >= 0.6 is 22.6 Å². The lowest BCUT2D eigenvalue weighted by atomic mass is 10.1. The fourth-order valence-corrected chi connectivity index (χ4v) is 1.65. The molecule has 0 fully saturated rings. The first-order chi connectivity index (χ1) is 6.45. The van der Waals surface area contributed by atoms with Gasteiger partial charge in [-0.3, -0.25) is 4.79 Å². The molecule has 84 valence electrons. The Bertz CT molecular complexity index is 161. The maximum Gasteiger partial charge on any atom is 0.306 e. The van der Waals surface area contributed by atoms with E-state index in [0.29, 0.717) is 6.42 Å². The number of rotatable bonds is 6. The number of unbranched alkanes of at least 4 members (excludes halogenated alkanes) is 3. The fraction of sp³-hybridized carbons (Fsp3) is 0.909. The monoisotopic (exact) mass is 312 g/mol. The van der Waals surface area contributed by atoms with Crippen molar-refractivity contribution in [1.82, 2.24) is 0 Å². The third-order valence-corrected chi connectivity index (χ3v) is 2.45. The lowest BCUT2D eigenvalue weighted by molar-refractivity contribution is -0.154. The van der Waals surface area contributed by atoms with Crippen LogP contribution in [0.25, 0.3) is 0 Å². The Morgan fingerprint density at radius 3 is 2.21 bits per heavy atom. The molecular weight excluding hydrogens is 291 g/mol. The van der Waals surface area contributed by atoms with Crippen LogP contribution in [0, 0.1) is 0 Å². The van der Waals surface area contributed by atoms with E-state index >= 15 is 0 Å². The highest BCUT2D eigenvalue weighted by Gasteiger charge is 2.15. The van der Waals surface area contributed by atoms with E-state index in [9.17, 15) is 4.79 Å². The zero-order valence-corrected chi connectivity index (χ0v) is 11.6. The Kier molecular flexibility index (Phi) is 7.59. The predicted molar refractivity (Wildman–Crippen MR) is 67.8 cm³/mol. The van der Waals surface area contributed by atoms with E-state index in [0.717, 1.165) is 12.8 Å². The maximum atomic E-state index is 11.3. The van der Waals surface area contributed by atoms with Crippen LogP contribution in [-0.2, 0) is 9.53 Å². The Morgan fingerprint density at radius 2 is 1.71 bits per heavy atom. The van der Waals surface area contributed by atoms with E-state index < -0.39 is 0 Å². The van der Waals surface area contributed by atoms with Gasteiger partial charge >= 0.3 is 5.97 Å². The smallest absolute Gasteiger partial charge is 0.306 e. The quantitative estimate of drug-likeness (QED) is 0.323. The molecule has 0 radical (unpaired) electrons. The van der Waals surface area contributed by atoms with Crippen LogP contribution in [0.15, 0.2) is 0 Å². The Balaban J connectivity index is 3.36. The van der Waals surface area contributed by atoms with Crippen LogP contribution in [0.4, 0.5) is 0 Å². The number of hydrogen-bond acceptors (Lipinski definition) is 2. The summed E-state index contributed by atoms with van der Waals surface area (Å²) in [5.41, 5.74) is -0.334. The average molecular weight is 312 g/mol. The number of carbonyl (C=O) groups excluding carboxylic acids is 1. The third-order valence-electron chi connectivity index (χ3n) is 1.68. The van der Waals surface area contributed by atoms with Crippen molar-refractivity contribution >= 4 is 28.6 Å². The van der Waals surface area contributed by atoms with E-state index in [1.165, 1.54) is 17.3 Å². The van der Waals surface area contributed by atoms with E-state index in [4.69, 9.17) is 4.74 Å². The van der Waals surface area contributed by atoms with Gasteiger partial charge in [0.1, 0.15) is 5.60 Å². The fourth-order valence-electron chi connectivity index (χ4n) is 1.11. The SMILES string of the molecule is CC(C)(C)OC(=O)CCCCCCI. The predicted octanol–water partition coefficient (Wildman–Crippen LogP) is 3.71. The van der Waals surface area contributed by atoms with Gasteiger partial charge in [0.25, 0.3) is 0 Å². The van der Waals surface area contributed by atoms with Gasteiger partial charge in [-0.05, 0) is 38.0 Å². The van der Waals surface area contributed by atoms with Gasteiger partial charge in [-0.15, -0.1) is 0 Å². The number of hydrogen-bond donors (Lipinski definition) is 0. The van der Waals surface area contributed by atoms with Crippen molar-refractivity contribution < 1.29 is 9.53 Å². The molecule has 0 aliphatic heterocycles. The van der Waals surface area contributed by atoms with E-state index in [1.54, 1.807) is 0 Å². The number of ether oxygens (including phenoxy) is 1. The van der Waals surface area contributed by atoms with Crippen LogP contribution in [0.5, 0.6) is 0 Å². The minimum atomic E-state index is -0.334. The molecule has 0 saturated heterocycles. The summed E-state index contributed by atoms with van der Waals surface area (Å²) in [6.45, 7) is 5.71. The number of esters is 1. The molecule has 0 aliphatic carbocycles. The molecule has 0 heterocycles. The Labute approximate surface area is 101 Å². The maximum absolute atomic E-state index is 11.3. The van der Waals surface area contributed by atoms with Crippen molar-refractivity contribution in [3.63, 3.8) is 0 Å². The lowest BCUT2D eigenvalue weighted by Crippen LogP contribution is -2.23.